The molecule has 10 heteroatoms. The molecular weight excluding hydrogens is 473 g/mol. The highest BCUT2D eigenvalue weighted by molar-refractivity contribution is 6.14. The van der Waals surface area contributed by atoms with Gasteiger partial charge in [0, 0.05) is 62.3 Å². The fourth-order valence-corrected chi connectivity index (χ4v) is 5.29. The average Bonchev–Trinajstić information content (AvgIpc) is 3.48. The number of nitrogens with zero attached hydrogens (tertiary/aromatic N) is 5. The smallest absolute Gasteiger partial charge is 0.261 e. The molecular formula is C27H32FN7O2. The molecule has 1 saturated carbocycles. The van der Waals surface area contributed by atoms with E-state index in [1.807, 2.05) is 30.6 Å². The number of fused-ring (bicyclic) bond motifs is 2. The Morgan fingerprint density at radius 2 is 1.89 bits per heavy atom. The van der Waals surface area contributed by atoms with Crippen LogP contribution in [0.15, 0.2) is 30.7 Å². The molecule has 194 valence electrons. The van der Waals surface area contributed by atoms with Crippen molar-refractivity contribution in [2.75, 3.05) is 29.9 Å². The van der Waals surface area contributed by atoms with Crippen molar-refractivity contribution in [1.82, 2.24) is 24.5 Å². The minimum Gasteiger partial charge on any atom is -0.491 e. The summed E-state index contributed by atoms with van der Waals surface area (Å²) in [7, 11) is 1.79. The van der Waals surface area contributed by atoms with Crippen LogP contribution in [0.1, 0.15) is 48.7 Å². The first kappa shape index (κ1) is 23.7. The Morgan fingerprint density at radius 1 is 1.14 bits per heavy atom. The molecule has 0 radical (unpaired) electrons. The maximum atomic E-state index is 15.7. The number of benzene rings is 1. The lowest BCUT2D eigenvalue weighted by Crippen LogP contribution is -2.43. The monoisotopic (exact) mass is 505 g/mol. The minimum atomic E-state index is -0.588. The number of ether oxygens (including phenoxy) is 1. The number of aromatic nitrogens is 4. The molecule has 0 bridgehead atoms. The molecule has 9 nitrogen and oxygen atoms in total. The summed E-state index contributed by atoms with van der Waals surface area (Å²) in [6.07, 6.45) is 10.0. The quantitative estimate of drug-likeness (QED) is 0.394. The van der Waals surface area contributed by atoms with Crippen molar-refractivity contribution in [2.24, 2.45) is 7.05 Å². The van der Waals surface area contributed by atoms with Crippen LogP contribution in [0.5, 0.6) is 5.75 Å². The summed E-state index contributed by atoms with van der Waals surface area (Å²) < 4.78 is 24.9. The summed E-state index contributed by atoms with van der Waals surface area (Å²) in [4.78, 5) is 20.2. The zero-order valence-corrected chi connectivity index (χ0v) is 21.4. The van der Waals surface area contributed by atoms with Gasteiger partial charge in [-0.3, -0.25) is 9.48 Å². The normalized spacial score (nSPS) is 16.6. The number of pyridine rings is 1. The number of nitrogens with one attached hydrogen (secondary N) is 2. The summed E-state index contributed by atoms with van der Waals surface area (Å²) in [6.45, 7) is 5.85. The zero-order chi connectivity index (χ0) is 25.7. The number of hydrogen-bond acceptors (Lipinski definition) is 6. The maximum absolute atomic E-state index is 15.7. The van der Waals surface area contributed by atoms with Crippen LogP contribution in [-0.4, -0.2) is 56.9 Å². The van der Waals surface area contributed by atoms with Crippen LogP contribution < -0.4 is 20.3 Å². The average molecular weight is 506 g/mol. The molecule has 1 saturated heterocycles. The van der Waals surface area contributed by atoms with E-state index in [1.54, 1.807) is 24.0 Å². The van der Waals surface area contributed by atoms with Gasteiger partial charge in [0.05, 0.1) is 18.0 Å². The predicted octanol–water partition coefficient (Wildman–Crippen LogP) is 4.04. The molecule has 4 aromatic rings. The van der Waals surface area contributed by atoms with E-state index >= 15 is 4.39 Å². The fraction of sp³-hybridized carbons (Fsp3) is 0.444. The molecule has 1 aliphatic heterocycles. The molecule has 0 unspecified atom stereocenters. The van der Waals surface area contributed by atoms with Gasteiger partial charge in [0.1, 0.15) is 34.0 Å². The van der Waals surface area contributed by atoms with Gasteiger partial charge in [-0.1, -0.05) is 0 Å². The number of piperidine rings is 1. The van der Waals surface area contributed by atoms with Crippen molar-refractivity contribution >= 4 is 33.8 Å². The van der Waals surface area contributed by atoms with Gasteiger partial charge in [-0.25, -0.2) is 9.37 Å². The Hall–Kier alpha value is -3.66. The van der Waals surface area contributed by atoms with E-state index in [1.165, 1.54) is 18.9 Å². The molecule has 4 heterocycles. The highest BCUT2D eigenvalue weighted by atomic mass is 19.1. The van der Waals surface area contributed by atoms with Crippen LogP contribution in [0.3, 0.4) is 0 Å². The third kappa shape index (κ3) is 4.61. The van der Waals surface area contributed by atoms with E-state index in [0.29, 0.717) is 41.3 Å². The van der Waals surface area contributed by atoms with E-state index in [9.17, 15) is 4.79 Å². The number of aryl methyl sites for hydroxylation is 2. The van der Waals surface area contributed by atoms with E-state index in [2.05, 4.69) is 25.6 Å². The summed E-state index contributed by atoms with van der Waals surface area (Å²) in [5, 5.41) is 11.8. The van der Waals surface area contributed by atoms with Crippen molar-refractivity contribution in [2.45, 2.75) is 51.6 Å². The van der Waals surface area contributed by atoms with E-state index < -0.39 is 11.7 Å². The molecule has 1 aromatic carbocycles. The minimum absolute atomic E-state index is 0.0750. The lowest BCUT2D eigenvalue weighted by Gasteiger charge is -2.34. The number of amides is 1. The van der Waals surface area contributed by atoms with E-state index in [0.717, 1.165) is 42.7 Å². The highest BCUT2D eigenvalue weighted by Crippen LogP contribution is 2.34. The van der Waals surface area contributed by atoms with Gasteiger partial charge >= 0.3 is 0 Å². The number of anilines is 2. The van der Waals surface area contributed by atoms with E-state index in [-0.39, 0.29) is 5.56 Å². The fourth-order valence-electron chi connectivity index (χ4n) is 5.29. The van der Waals surface area contributed by atoms with Crippen LogP contribution in [0.2, 0.25) is 0 Å². The Balaban J connectivity index is 1.31. The molecule has 2 fully saturated rings. The van der Waals surface area contributed by atoms with Crippen LogP contribution in [0.25, 0.3) is 16.6 Å². The summed E-state index contributed by atoms with van der Waals surface area (Å²) in [5.74, 6) is -0.683. The van der Waals surface area contributed by atoms with Gasteiger partial charge in [-0.2, -0.15) is 5.10 Å². The van der Waals surface area contributed by atoms with Gasteiger partial charge in [0.15, 0.2) is 0 Å². The van der Waals surface area contributed by atoms with Crippen LogP contribution >= 0.6 is 0 Å². The number of carbonyl (C=O) groups excluding carboxylic acids is 1. The van der Waals surface area contributed by atoms with Gasteiger partial charge in [0.25, 0.3) is 5.91 Å². The van der Waals surface area contributed by atoms with Crippen LogP contribution in [0.4, 0.5) is 15.8 Å². The summed E-state index contributed by atoms with van der Waals surface area (Å²) >= 11 is 0. The molecule has 0 spiro atoms. The standard InChI is InChI=1S/C27H32FN7O2/c1-4-37-23-12-24-29-16(2)13-35(24)15-21(23)31-27(36)25-20(28)11-22(19-14-33(3)32-26(19)25)34-9-7-18(8-10-34)30-17-5-6-17/h11-15,17-18,30H,4-10H2,1-3H3,(H,31,36). The SMILES string of the molecule is CCOc1cc2nc(C)cn2cc1NC(=O)c1c(F)cc(N2CCC(NC3CC3)CC2)c2cn(C)nc12. The van der Waals surface area contributed by atoms with Crippen molar-refractivity contribution in [3.8, 4) is 5.75 Å². The number of hydrogen-bond donors (Lipinski definition) is 2. The van der Waals surface area contributed by atoms with Gasteiger partial charge in [-0.05, 0) is 45.6 Å². The molecule has 0 atom stereocenters. The van der Waals surface area contributed by atoms with Gasteiger partial charge in [0.2, 0.25) is 0 Å². The van der Waals surface area contributed by atoms with Crippen molar-refractivity contribution in [1.29, 1.82) is 0 Å². The van der Waals surface area contributed by atoms with Crippen molar-refractivity contribution in [3.63, 3.8) is 0 Å². The summed E-state index contributed by atoms with van der Waals surface area (Å²) in [6, 6.07) is 4.45. The predicted molar refractivity (Wildman–Crippen MR) is 141 cm³/mol. The molecule has 3 aromatic heterocycles. The first-order valence-electron chi connectivity index (χ1n) is 13.0. The Bertz CT molecular complexity index is 1480. The van der Waals surface area contributed by atoms with Crippen LogP contribution in [0, 0.1) is 12.7 Å². The number of rotatable bonds is 7. The Morgan fingerprint density at radius 3 is 2.62 bits per heavy atom. The highest BCUT2D eigenvalue weighted by Gasteiger charge is 2.29. The lowest BCUT2D eigenvalue weighted by molar-refractivity contribution is 0.102. The van der Waals surface area contributed by atoms with Crippen LogP contribution in [-0.2, 0) is 7.05 Å². The third-order valence-corrected chi connectivity index (χ3v) is 7.18. The molecule has 1 aliphatic carbocycles. The molecule has 2 aliphatic rings. The van der Waals surface area contributed by atoms with E-state index in [4.69, 9.17) is 4.74 Å². The molecule has 1 amide bonds. The molecule has 37 heavy (non-hydrogen) atoms. The first-order valence-corrected chi connectivity index (χ1v) is 13.0. The van der Waals surface area contributed by atoms with Crippen molar-refractivity contribution < 1.29 is 13.9 Å². The molecule has 2 N–H and O–H groups in total. The number of carbonyl (C=O) groups is 1. The Kier molecular flexibility index (Phi) is 5.98. The number of imidazole rings is 1. The summed E-state index contributed by atoms with van der Waals surface area (Å²) in [5.41, 5.74) is 3.05. The number of halogens is 1. The second kappa shape index (κ2) is 9.33. The third-order valence-electron chi connectivity index (χ3n) is 7.18. The second-order valence-corrected chi connectivity index (χ2v) is 10.1. The lowest BCUT2D eigenvalue weighted by atomic mass is 10.0. The Labute approximate surface area is 214 Å². The van der Waals surface area contributed by atoms with Gasteiger partial charge in [-0.15, -0.1) is 0 Å². The maximum Gasteiger partial charge on any atom is 0.261 e. The largest absolute Gasteiger partial charge is 0.491 e. The topological polar surface area (TPSA) is 88.7 Å². The molecule has 6 rings (SSSR count). The van der Waals surface area contributed by atoms with Gasteiger partial charge < -0.3 is 24.7 Å². The zero-order valence-electron chi connectivity index (χ0n) is 21.4. The second-order valence-electron chi connectivity index (χ2n) is 10.1. The van der Waals surface area contributed by atoms with Crippen molar-refractivity contribution in [3.05, 3.63) is 47.8 Å². The first-order chi connectivity index (χ1) is 17.9.